The quantitative estimate of drug-likeness (QED) is 0.187. The molecular formula is C26H30O7. The number of unbranched alkanes of at least 4 members (excludes halogenated alkanes) is 1. The first-order valence-corrected chi connectivity index (χ1v) is 10.5. The second-order valence-corrected chi connectivity index (χ2v) is 7.24. The molecule has 7 nitrogen and oxygen atoms in total. The Hall–Kier alpha value is -3.42. The van der Waals surface area contributed by atoms with Crippen LogP contribution in [0, 0.1) is 0 Å². The monoisotopic (exact) mass is 454 g/mol. The summed E-state index contributed by atoms with van der Waals surface area (Å²) in [4.78, 5) is 24.1. The molecule has 0 atom stereocenters. The number of methoxy groups -OCH3 is 2. The molecule has 0 aliphatic rings. The van der Waals surface area contributed by atoms with Crippen LogP contribution in [-0.2, 0) is 19.1 Å². The predicted molar refractivity (Wildman–Crippen MR) is 126 cm³/mol. The van der Waals surface area contributed by atoms with Gasteiger partial charge in [0.15, 0.2) is 0 Å². The number of esters is 2. The lowest BCUT2D eigenvalue weighted by atomic mass is 10.0. The molecule has 0 saturated heterocycles. The molecule has 0 aliphatic heterocycles. The Morgan fingerprint density at radius 2 is 1.36 bits per heavy atom. The van der Waals surface area contributed by atoms with Gasteiger partial charge in [-0.2, -0.15) is 0 Å². The zero-order valence-corrected chi connectivity index (χ0v) is 19.3. The molecule has 0 aromatic heterocycles. The third-order valence-corrected chi connectivity index (χ3v) is 4.51. The van der Waals surface area contributed by atoms with Gasteiger partial charge in [0.05, 0.1) is 31.0 Å². The summed E-state index contributed by atoms with van der Waals surface area (Å²) in [6, 6.07) is 12.2. The summed E-state index contributed by atoms with van der Waals surface area (Å²) in [5.41, 5.74) is 2.10. The minimum absolute atomic E-state index is 0.0898. The van der Waals surface area contributed by atoms with E-state index in [1.807, 2.05) is 18.2 Å². The van der Waals surface area contributed by atoms with Crippen LogP contribution in [0.3, 0.4) is 0 Å². The van der Waals surface area contributed by atoms with E-state index in [1.165, 1.54) is 14.2 Å². The van der Waals surface area contributed by atoms with Crippen molar-refractivity contribution in [2.24, 2.45) is 0 Å². The molecule has 0 heterocycles. The molecule has 0 spiro atoms. The third kappa shape index (κ3) is 7.89. The smallest absolute Gasteiger partial charge is 0.341 e. The molecule has 2 rings (SSSR count). The maximum atomic E-state index is 12.1. The lowest BCUT2D eigenvalue weighted by Crippen LogP contribution is -2.14. The van der Waals surface area contributed by atoms with E-state index in [2.05, 4.69) is 20.1 Å². The topological polar surface area (TPSA) is 80.3 Å². The van der Waals surface area contributed by atoms with Crippen LogP contribution in [0.4, 0.5) is 0 Å². The summed E-state index contributed by atoms with van der Waals surface area (Å²) in [5.74, 6) is 0.190. The van der Waals surface area contributed by atoms with Crippen molar-refractivity contribution in [1.29, 1.82) is 0 Å². The highest BCUT2D eigenvalue weighted by atomic mass is 16.5. The maximum Gasteiger partial charge on any atom is 0.341 e. The molecule has 0 saturated carbocycles. The van der Waals surface area contributed by atoms with Gasteiger partial charge >= 0.3 is 11.9 Å². The number of carbonyl (C=O) groups excluding carboxylic acids is 2. The third-order valence-electron chi connectivity index (χ3n) is 4.51. The van der Waals surface area contributed by atoms with Gasteiger partial charge in [0.1, 0.15) is 17.2 Å². The summed E-state index contributed by atoms with van der Waals surface area (Å²) in [6.45, 7) is 10.1. The Morgan fingerprint density at radius 1 is 0.818 bits per heavy atom. The van der Waals surface area contributed by atoms with Gasteiger partial charge in [-0.1, -0.05) is 38.6 Å². The van der Waals surface area contributed by atoms with E-state index in [0.29, 0.717) is 23.9 Å². The van der Waals surface area contributed by atoms with E-state index in [0.717, 1.165) is 24.0 Å². The number of hydrogen-bond donors (Lipinski definition) is 0. The largest absolute Gasteiger partial charge is 0.493 e. The number of rotatable bonds is 13. The van der Waals surface area contributed by atoms with Crippen LogP contribution in [0.5, 0.6) is 17.2 Å². The second kappa shape index (κ2) is 13.2. The van der Waals surface area contributed by atoms with Crippen LogP contribution in [0.1, 0.15) is 19.8 Å². The maximum absolute atomic E-state index is 12.1. The van der Waals surface area contributed by atoms with E-state index < -0.39 is 11.9 Å². The van der Waals surface area contributed by atoms with Crippen LogP contribution in [0.15, 0.2) is 66.8 Å². The van der Waals surface area contributed by atoms with Crippen molar-refractivity contribution in [2.45, 2.75) is 19.8 Å². The van der Waals surface area contributed by atoms with Gasteiger partial charge in [-0.3, -0.25) is 0 Å². The Morgan fingerprint density at radius 3 is 1.91 bits per heavy atom. The average Bonchev–Trinajstić information content (AvgIpc) is 2.80. The van der Waals surface area contributed by atoms with Gasteiger partial charge < -0.3 is 23.7 Å². The van der Waals surface area contributed by atoms with Crippen LogP contribution >= 0.6 is 0 Å². The van der Waals surface area contributed by atoms with Gasteiger partial charge in [-0.25, -0.2) is 9.59 Å². The second-order valence-electron chi connectivity index (χ2n) is 7.24. The van der Waals surface area contributed by atoms with E-state index >= 15 is 0 Å². The lowest BCUT2D eigenvalue weighted by molar-refractivity contribution is -0.131. The predicted octanol–water partition coefficient (Wildman–Crippen LogP) is 4.75. The highest BCUT2D eigenvalue weighted by Gasteiger charge is 2.14. The van der Waals surface area contributed by atoms with Gasteiger partial charge in [-0.15, -0.1) is 0 Å². The fourth-order valence-corrected chi connectivity index (χ4v) is 2.78. The number of benzene rings is 2. The normalized spacial score (nSPS) is 10.4. The number of hydrogen-bond acceptors (Lipinski definition) is 7. The van der Waals surface area contributed by atoms with Crippen molar-refractivity contribution in [3.63, 3.8) is 0 Å². The zero-order chi connectivity index (χ0) is 24.2. The molecule has 0 bridgehead atoms. The molecule has 0 unspecified atom stereocenters. The molecule has 0 N–H and O–H groups in total. The van der Waals surface area contributed by atoms with E-state index in [1.54, 1.807) is 24.3 Å². The van der Waals surface area contributed by atoms with Crippen LogP contribution in [0.2, 0.25) is 0 Å². The summed E-state index contributed by atoms with van der Waals surface area (Å²) in [7, 11) is 2.96. The summed E-state index contributed by atoms with van der Waals surface area (Å²) in [5, 5.41) is 0. The Bertz CT molecular complexity index is 977. The molecule has 2 aromatic carbocycles. The Balaban J connectivity index is 2.22. The molecular weight excluding hydrogens is 424 g/mol. The van der Waals surface area contributed by atoms with Crippen LogP contribution in [-0.4, -0.2) is 46.0 Å². The standard InChI is InChI=1S/C26H30O7/c1-6-7-14-31-24-15-22(33-26(28)19(3)17-30-5)12-13-23(24)20-8-10-21(11-9-20)32-25(27)18(2)16-29-4/h8-13,15H,2-3,6-7,14,16-17H2,1,4-5H3. The van der Waals surface area contributed by atoms with Gasteiger partial charge in [0.25, 0.3) is 0 Å². The minimum Gasteiger partial charge on any atom is -0.493 e. The van der Waals surface area contributed by atoms with Crippen LogP contribution in [0.25, 0.3) is 11.1 Å². The summed E-state index contributed by atoms with van der Waals surface area (Å²) < 4.78 is 26.5. The first-order valence-electron chi connectivity index (χ1n) is 10.5. The lowest BCUT2D eigenvalue weighted by Gasteiger charge is -2.14. The van der Waals surface area contributed by atoms with Crippen molar-refractivity contribution in [1.82, 2.24) is 0 Å². The number of ether oxygens (including phenoxy) is 5. The van der Waals surface area contributed by atoms with E-state index in [-0.39, 0.29) is 24.4 Å². The van der Waals surface area contributed by atoms with E-state index in [9.17, 15) is 9.59 Å². The van der Waals surface area contributed by atoms with Gasteiger partial charge in [0.2, 0.25) is 0 Å². The van der Waals surface area contributed by atoms with Crippen molar-refractivity contribution in [3.8, 4) is 28.4 Å². The summed E-state index contributed by atoms with van der Waals surface area (Å²) >= 11 is 0. The van der Waals surface area contributed by atoms with Crippen molar-refractivity contribution in [3.05, 3.63) is 66.8 Å². The first-order chi connectivity index (χ1) is 15.9. The van der Waals surface area contributed by atoms with Crippen molar-refractivity contribution in [2.75, 3.05) is 34.0 Å². The molecule has 0 radical (unpaired) electrons. The highest BCUT2D eigenvalue weighted by Crippen LogP contribution is 2.35. The van der Waals surface area contributed by atoms with Crippen LogP contribution < -0.4 is 14.2 Å². The zero-order valence-electron chi connectivity index (χ0n) is 19.3. The highest BCUT2D eigenvalue weighted by molar-refractivity contribution is 5.90. The van der Waals surface area contributed by atoms with E-state index in [4.69, 9.17) is 23.7 Å². The van der Waals surface area contributed by atoms with Crippen molar-refractivity contribution < 1.29 is 33.3 Å². The Kier molecular flexibility index (Phi) is 10.3. The number of carbonyl (C=O) groups is 2. The van der Waals surface area contributed by atoms with Gasteiger partial charge in [0, 0.05) is 25.8 Å². The molecule has 176 valence electrons. The molecule has 0 fully saturated rings. The molecule has 0 amide bonds. The molecule has 2 aromatic rings. The molecule has 0 aliphatic carbocycles. The molecule has 7 heteroatoms. The fraction of sp³-hybridized carbons (Fsp3) is 0.308. The minimum atomic E-state index is -0.565. The van der Waals surface area contributed by atoms with Crippen molar-refractivity contribution >= 4 is 11.9 Å². The molecule has 33 heavy (non-hydrogen) atoms. The fourth-order valence-electron chi connectivity index (χ4n) is 2.78. The first kappa shape index (κ1) is 25.8. The Labute approximate surface area is 194 Å². The summed E-state index contributed by atoms with van der Waals surface area (Å²) in [6.07, 6.45) is 1.86. The average molecular weight is 455 g/mol. The van der Waals surface area contributed by atoms with Gasteiger partial charge in [-0.05, 0) is 36.2 Å². The SMILES string of the molecule is C=C(COC)C(=O)Oc1ccc(-c2ccc(OC(=O)C(=C)COC)cc2OCCCC)cc1.